The molecule has 1 heterocycles. The molecule has 124 valence electrons. The van der Waals surface area contributed by atoms with E-state index in [1.54, 1.807) is 18.3 Å². The van der Waals surface area contributed by atoms with E-state index in [1.165, 1.54) is 11.3 Å². The van der Waals surface area contributed by atoms with E-state index in [0.29, 0.717) is 30.0 Å². The molecule has 0 radical (unpaired) electrons. The Hall–Kier alpha value is -2.23. The SMILES string of the molecule is N#Cc1ccc(Cc2cnc(NC(=O)CC3(O)CCCC3)s2)cc1. The molecule has 1 aromatic carbocycles. The molecular weight excluding hydrogens is 322 g/mol. The van der Waals surface area contributed by atoms with Gasteiger partial charge in [-0.05, 0) is 30.5 Å². The largest absolute Gasteiger partial charge is 0.389 e. The van der Waals surface area contributed by atoms with Gasteiger partial charge in [-0.25, -0.2) is 4.98 Å². The fourth-order valence-electron chi connectivity index (χ4n) is 3.02. The zero-order valence-electron chi connectivity index (χ0n) is 13.3. The number of carbonyl (C=O) groups excluding carboxylic acids is 1. The number of aromatic nitrogens is 1. The Labute approximate surface area is 145 Å². The van der Waals surface area contributed by atoms with Gasteiger partial charge in [-0.2, -0.15) is 5.26 Å². The van der Waals surface area contributed by atoms with Crippen LogP contribution in [-0.2, 0) is 11.2 Å². The van der Waals surface area contributed by atoms with E-state index in [4.69, 9.17) is 5.26 Å². The number of amides is 1. The van der Waals surface area contributed by atoms with Crippen LogP contribution >= 0.6 is 11.3 Å². The van der Waals surface area contributed by atoms with E-state index < -0.39 is 5.60 Å². The van der Waals surface area contributed by atoms with Gasteiger partial charge >= 0.3 is 0 Å². The number of hydrogen-bond acceptors (Lipinski definition) is 5. The standard InChI is InChI=1S/C18H19N3O2S/c19-11-14-5-3-13(4-6-14)9-15-12-20-17(24-15)21-16(22)10-18(23)7-1-2-8-18/h3-6,12,23H,1-2,7-10H2,(H,20,21,22). The molecule has 1 aliphatic rings. The van der Waals surface area contributed by atoms with Crippen molar-refractivity contribution < 1.29 is 9.90 Å². The highest BCUT2D eigenvalue weighted by atomic mass is 32.1. The van der Waals surface area contributed by atoms with Crippen LogP contribution in [0.25, 0.3) is 0 Å². The first kappa shape index (κ1) is 16.6. The van der Waals surface area contributed by atoms with Crippen LogP contribution in [0.4, 0.5) is 5.13 Å². The number of hydrogen-bond donors (Lipinski definition) is 2. The van der Waals surface area contributed by atoms with Gasteiger partial charge in [-0.15, -0.1) is 11.3 Å². The summed E-state index contributed by atoms with van der Waals surface area (Å²) in [6.45, 7) is 0. The molecule has 5 nitrogen and oxygen atoms in total. The zero-order chi connectivity index (χ0) is 17.0. The first-order valence-corrected chi connectivity index (χ1v) is 8.84. The number of carbonyl (C=O) groups is 1. The Kier molecular flexibility index (Phi) is 4.93. The zero-order valence-corrected chi connectivity index (χ0v) is 14.1. The summed E-state index contributed by atoms with van der Waals surface area (Å²) in [7, 11) is 0. The lowest BCUT2D eigenvalue weighted by Crippen LogP contribution is -2.30. The van der Waals surface area contributed by atoms with E-state index >= 15 is 0 Å². The molecule has 1 amide bonds. The molecule has 0 unspecified atom stereocenters. The molecule has 0 saturated heterocycles. The van der Waals surface area contributed by atoms with Crippen molar-refractivity contribution in [1.82, 2.24) is 4.98 Å². The Morgan fingerprint density at radius 2 is 2.04 bits per heavy atom. The van der Waals surface area contributed by atoms with Crippen LogP contribution in [0.15, 0.2) is 30.5 Å². The fourth-order valence-corrected chi connectivity index (χ4v) is 3.88. The molecule has 0 aliphatic heterocycles. The van der Waals surface area contributed by atoms with Gasteiger partial charge in [0.15, 0.2) is 5.13 Å². The molecule has 0 atom stereocenters. The summed E-state index contributed by atoms with van der Waals surface area (Å²) < 4.78 is 0. The normalized spacial score (nSPS) is 15.8. The van der Waals surface area contributed by atoms with Gasteiger partial charge in [0, 0.05) is 17.5 Å². The van der Waals surface area contributed by atoms with Crippen molar-refractivity contribution in [2.45, 2.75) is 44.1 Å². The summed E-state index contributed by atoms with van der Waals surface area (Å²) in [5.41, 5.74) is 0.892. The van der Waals surface area contributed by atoms with E-state index in [-0.39, 0.29) is 12.3 Å². The molecule has 1 aromatic heterocycles. The van der Waals surface area contributed by atoms with Crippen molar-refractivity contribution in [3.63, 3.8) is 0 Å². The molecule has 0 bridgehead atoms. The predicted octanol–water partition coefficient (Wildman–Crippen LogP) is 3.24. The second-order valence-electron chi connectivity index (χ2n) is 6.27. The van der Waals surface area contributed by atoms with Crippen LogP contribution < -0.4 is 5.32 Å². The topological polar surface area (TPSA) is 86.0 Å². The highest BCUT2D eigenvalue weighted by Gasteiger charge is 2.33. The molecule has 24 heavy (non-hydrogen) atoms. The Bertz CT molecular complexity index is 755. The Morgan fingerprint density at radius 1 is 1.33 bits per heavy atom. The lowest BCUT2D eigenvalue weighted by Gasteiger charge is -2.20. The second kappa shape index (κ2) is 7.12. The van der Waals surface area contributed by atoms with Gasteiger partial charge in [0.2, 0.25) is 5.91 Å². The first-order chi connectivity index (χ1) is 11.6. The molecule has 1 fully saturated rings. The van der Waals surface area contributed by atoms with Crippen LogP contribution in [0.5, 0.6) is 0 Å². The average molecular weight is 341 g/mol. The number of nitriles is 1. The Balaban J connectivity index is 1.56. The number of rotatable bonds is 5. The molecule has 1 saturated carbocycles. The summed E-state index contributed by atoms with van der Waals surface area (Å²) in [5.74, 6) is -0.182. The number of nitrogens with zero attached hydrogens (tertiary/aromatic N) is 2. The van der Waals surface area contributed by atoms with Gasteiger partial charge < -0.3 is 10.4 Å². The maximum atomic E-state index is 12.1. The third kappa shape index (κ3) is 4.19. The lowest BCUT2D eigenvalue weighted by molar-refractivity contribution is -0.120. The Morgan fingerprint density at radius 3 is 2.71 bits per heavy atom. The maximum absolute atomic E-state index is 12.1. The number of nitrogens with one attached hydrogen (secondary N) is 1. The highest BCUT2D eigenvalue weighted by Crippen LogP contribution is 2.32. The summed E-state index contributed by atoms with van der Waals surface area (Å²) >= 11 is 1.43. The molecule has 1 aliphatic carbocycles. The third-order valence-corrected chi connectivity index (χ3v) is 5.20. The highest BCUT2D eigenvalue weighted by molar-refractivity contribution is 7.15. The van der Waals surface area contributed by atoms with E-state index in [9.17, 15) is 9.90 Å². The molecule has 3 rings (SSSR count). The average Bonchev–Trinajstić information content (AvgIpc) is 3.17. The van der Waals surface area contributed by atoms with Crippen LogP contribution in [0.1, 0.15) is 48.1 Å². The van der Waals surface area contributed by atoms with Crippen molar-refractivity contribution >= 4 is 22.4 Å². The molecular formula is C18H19N3O2S. The number of anilines is 1. The van der Waals surface area contributed by atoms with Gasteiger partial charge in [0.1, 0.15) is 0 Å². The lowest BCUT2D eigenvalue weighted by atomic mass is 9.98. The number of thiazole rings is 1. The van der Waals surface area contributed by atoms with Crippen molar-refractivity contribution in [2.75, 3.05) is 5.32 Å². The minimum absolute atomic E-state index is 0.136. The summed E-state index contributed by atoms with van der Waals surface area (Å²) in [6, 6.07) is 9.53. The maximum Gasteiger partial charge on any atom is 0.229 e. The van der Waals surface area contributed by atoms with E-state index in [1.807, 2.05) is 12.1 Å². The molecule has 2 N–H and O–H groups in total. The number of aliphatic hydroxyl groups is 1. The quantitative estimate of drug-likeness (QED) is 0.874. The van der Waals surface area contributed by atoms with Crippen LogP contribution in [0, 0.1) is 11.3 Å². The fraction of sp³-hybridized carbons (Fsp3) is 0.389. The molecule has 0 spiro atoms. The van der Waals surface area contributed by atoms with Crippen molar-refractivity contribution in [2.24, 2.45) is 0 Å². The van der Waals surface area contributed by atoms with Crippen molar-refractivity contribution in [1.29, 1.82) is 5.26 Å². The summed E-state index contributed by atoms with van der Waals surface area (Å²) in [4.78, 5) is 17.3. The van der Waals surface area contributed by atoms with Gasteiger partial charge in [0.25, 0.3) is 0 Å². The number of benzene rings is 1. The van der Waals surface area contributed by atoms with E-state index in [0.717, 1.165) is 23.3 Å². The third-order valence-electron chi connectivity index (χ3n) is 4.29. The predicted molar refractivity (Wildman–Crippen MR) is 92.7 cm³/mol. The van der Waals surface area contributed by atoms with E-state index in [2.05, 4.69) is 16.4 Å². The summed E-state index contributed by atoms with van der Waals surface area (Å²) in [5, 5.41) is 22.4. The monoisotopic (exact) mass is 341 g/mol. The second-order valence-corrected chi connectivity index (χ2v) is 7.39. The minimum atomic E-state index is -0.841. The minimum Gasteiger partial charge on any atom is -0.389 e. The van der Waals surface area contributed by atoms with Gasteiger partial charge in [-0.3, -0.25) is 4.79 Å². The molecule has 2 aromatic rings. The summed E-state index contributed by atoms with van der Waals surface area (Å²) in [6.07, 6.45) is 5.96. The van der Waals surface area contributed by atoms with Gasteiger partial charge in [0.05, 0.1) is 23.7 Å². The van der Waals surface area contributed by atoms with Crippen LogP contribution in [0.2, 0.25) is 0 Å². The smallest absolute Gasteiger partial charge is 0.229 e. The first-order valence-electron chi connectivity index (χ1n) is 8.02. The van der Waals surface area contributed by atoms with Crippen LogP contribution in [-0.4, -0.2) is 21.6 Å². The van der Waals surface area contributed by atoms with Crippen molar-refractivity contribution in [3.8, 4) is 6.07 Å². The molecule has 6 heteroatoms. The van der Waals surface area contributed by atoms with Crippen molar-refractivity contribution in [3.05, 3.63) is 46.5 Å². The van der Waals surface area contributed by atoms with Gasteiger partial charge in [-0.1, -0.05) is 25.0 Å². The van der Waals surface area contributed by atoms with Crippen LogP contribution in [0.3, 0.4) is 0 Å².